The Morgan fingerprint density at radius 3 is 2.93 bits per heavy atom. The molecule has 1 amide bonds. The molecule has 2 fully saturated rings. The molecule has 2 rings (SSSR count). The minimum absolute atomic E-state index is 0.190. The largest absolute Gasteiger partial charge is 0.375 e. The maximum Gasteiger partial charge on any atom is 0.225 e. The summed E-state index contributed by atoms with van der Waals surface area (Å²) in [5.41, 5.74) is 0. The standard InChI is InChI=1S/C11H20N2O2/c1-13(2)11(14)8-3-4-10-9(7-8)12-5-6-15-10/h8-10,12H,3-7H2,1-2H3/t8-,9+,10+/m0/s1. The summed E-state index contributed by atoms with van der Waals surface area (Å²) >= 11 is 0. The lowest BCUT2D eigenvalue weighted by Gasteiger charge is -2.39. The fraction of sp³-hybridized carbons (Fsp3) is 0.909. The number of morpholine rings is 1. The Labute approximate surface area is 91.0 Å². The molecule has 0 aromatic rings. The van der Waals surface area contributed by atoms with E-state index in [9.17, 15) is 4.79 Å². The monoisotopic (exact) mass is 212 g/mol. The Morgan fingerprint density at radius 2 is 2.20 bits per heavy atom. The lowest BCUT2D eigenvalue weighted by Crippen LogP contribution is -2.53. The number of hydrogen-bond acceptors (Lipinski definition) is 3. The summed E-state index contributed by atoms with van der Waals surface area (Å²) in [4.78, 5) is 13.5. The van der Waals surface area contributed by atoms with Gasteiger partial charge in [-0.15, -0.1) is 0 Å². The van der Waals surface area contributed by atoms with Crippen LogP contribution in [0.3, 0.4) is 0 Å². The minimum Gasteiger partial charge on any atom is -0.375 e. The van der Waals surface area contributed by atoms with Crippen LogP contribution in [-0.4, -0.2) is 50.2 Å². The second-order valence-electron chi connectivity index (χ2n) is 4.71. The number of nitrogens with zero attached hydrogens (tertiary/aromatic N) is 1. The van der Waals surface area contributed by atoms with E-state index in [4.69, 9.17) is 4.74 Å². The highest BCUT2D eigenvalue weighted by atomic mass is 16.5. The molecule has 0 radical (unpaired) electrons. The van der Waals surface area contributed by atoms with Crippen LogP contribution in [0.25, 0.3) is 0 Å². The van der Waals surface area contributed by atoms with Crippen molar-refractivity contribution in [2.45, 2.75) is 31.4 Å². The van der Waals surface area contributed by atoms with Crippen molar-refractivity contribution in [3.8, 4) is 0 Å². The number of fused-ring (bicyclic) bond motifs is 1. The number of ether oxygens (including phenoxy) is 1. The molecule has 1 aliphatic carbocycles. The Morgan fingerprint density at radius 1 is 1.40 bits per heavy atom. The molecule has 4 heteroatoms. The minimum atomic E-state index is 0.190. The van der Waals surface area contributed by atoms with E-state index in [0.29, 0.717) is 12.1 Å². The van der Waals surface area contributed by atoms with Crippen molar-refractivity contribution in [3.63, 3.8) is 0 Å². The second-order valence-corrected chi connectivity index (χ2v) is 4.71. The summed E-state index contributed by atoms with van der Waals surface area (Å²) in [6, 6.07) is 0.390. The zero-order chi connectivity index (χ0) is 10.8. The molecule has 0 aromatic heterocycles. The molecule has 1 heterocycles. The van der Waals surface area contributed by atoms with Gasteiger partial charge in [-0.1, -0.05) is 0 Å². The van der Waals surface area contributed by atoms with Gasteiger partial charge in [0.25, 0.3) is 0 Å². The molecule has 0 unspecified atom stereocenters. The number of carbonyl (C=O) groups excluding carboxylic acids is 1. The molecule has 1 aliphatic heterocycles. The highest BCUT2D eigenvalue weighted by Gasteiger charge is 2.36. The van der Waals surface area contributed by atoms with Gasteiger partial charge >= 0.3 is 0 Å². The average Bonchev–Trinajstić information content (AvgIpc) is 2.27. The summed E-state index contributed by atoms with van der Waals surface area (Å²) < 4.78 is 5.68. The van der Waals surface area contributed by atoms with Gasteiger partial charge in [0.15, 0.2) is 0 Å². The number of amides is 1. The first-order valence-electron chi connectivity index (χ1n) is 5.74. The molecule has 0 spiro atoms. The molecule has 15 heavy (non-hydrogen) atoms. The first-order chi connectivity index (χ1) is 7.18. The fourth-order valence-electron chi connectivity index (χ4n) is 2.60. The van der Waals surface area contributed by atoms with Gasteiger partial charge in [-0.2, -0.15) is 0 Å². The first kappa shape index (κ1) is 10.9. The van der Waals surface area contributed by atoms with E-state index in [2.05, 4.69) is 5.32 Å². The van der Waals surface area contributed by atoms with Crippen molar-refractivity contribution in [1.82, 2.24) is 10.2 Å². The van der Waals surface area contributed by atoms with Crippen LogP contribution >= 0.6 is 0 Å². The predicted molar refractivity (Wildman–Crippen MR) is 57.6 cm³/mol. The van der Waals surface area contributed by atoms with Crippen molar-refractivity contribution < 1.29 is 9.53 Å². The topological polar surface area (TPSA) is 41.6 Å². The van der Waals surface area contributed by atoms with E-state index in [1.807, 2.05) is 14.1 Å². The molecule has 1 saturated carbocycles. The maximum absolute atomic E-state index is 11.8. The van der Waals surface area contributed by atoms with Gasteiger partial charge in [-0.25, -0.2) is 0 Å². The van der Waals surface area contributed by atoms with Crippen LogP contribution in [0, 0.1) is 5.92 Å². The lowest BCUT2D eigenvalue weighted by atomic mass is 9.82. The molecule has 4 nitrogen and oxygen atoms in total. The van der Waals surface area contributed by atoms with Crippen LogP contribution in [0.5, 0.6) is 0 Å². The van der Waals surface area contributed by atoms with Gasteiger partial charge in [-0.05, 0) is 19.3 Å². The summed E-state index contributed by atoms with van der Waals surface area (Å²) in [6.07, 6.45) is 3.26. The summed E-state index contributed by atoms with van der Waals surface area (Å²) in [6.45, 7) is 1.73. The third kappa shape index (κ3) is 2.32. The van der Waals surface area contributed by atoms with Crippen molar-refractivity contribution >= 4 is 5.91 Å². The number of hydrogen-bond donors (Lipinski definition) is 1. The third-order valence-electron chi connectivity index (χ3n) is 3.42. The molecule has 0 aromatic carbocycles. The Bertz CT molecular complexity index is 243. The summed E-state index contributed by atoms with van der Waals surface area (Å²) in [7, 11) is 3.67. The zero-order valence-corrected chi connectivity index (χ0v) is 9.53. The Kier molecular flexibility index (Phi) is 3.26. The Balaban J connectivity index is 1.93. The highest BCUT2D eigenvalue weighted by molar-refractivity contribution is 5.78. The van der Waals surface area contributed by atoms with Crippen LogP contribution in [-0.2, 0) is 9.53 Å². The highest BCUT2D eigenvalue weighted by Crippen LogP contribution is 2.29. The quantitative estimate of drug-likeness (QED) is 0.676. The zero-order valence-electron chi connectivity index (χ0n) is 9.53. The summed E-state index contributed by atoms with van der Waals surface area (Å²) in [5, 5.41) is 3.45. The Hall–Kier alpha value is -0.610. The molecule has 1 N–H and O–H groups in total. The smallest absolute Gasteiger partial charge is 0.225 e. The molecular formula is C11H20N2O2. The maximum atomic E-state index is 11.8. The van der Waals surface area contributed by atoms with E-state index < -0.39 is 0 Å². The third-order valence-corrected chi connectivity index (χ3v) is 3.42. The first-order valence-corrected chi connectivity index (χ1v) is 5.74. The van der Waals surface area contributed by atoms with E-state index in [1.54, 1.807) is 4.90 Å². The molecular weight excluding hydrogens is 192 g/mol. The van der Waals surface area contributed by atoms with Crippen LogP contribution < -0.4 is 5.32 Å². The van der Waals surface area contributed by atoms with Gasteiger partial charge in [0.05, 0.1) is 12.7 Å². The van der Waals surface area contributed by atoms with E-state index >= 15 is 0 Å². The van der Waals surface area contributed by atoms with Crippen molar-refractivity contribution in [2.24, 2.45) is 5.92 Å². The van der Waals surface area contributed by atoms with Crippen LogP contribution in [0.2, 0.25) is 0 Å². The van der Waals surface area contributed by atoms with E-state index in [0.717, 1.165) is 32.4 Å². The summed E-state index contributed by atoms with van der Waals surface area (Å²) in [5.74, 6) is 0.455. The molecule has 3 atom stereocenters. The van der Waals surface area contributed by atoms with Gasteiger partial charge in [-0.3, -0.25) is 4.79 Å². The number of nitrogens with one attached hydrogen (secondary N) is 1. The van der Waals surface area contributed by atoms with Crippen molar-refractivity contribution in [2.75, 3.05) is 27.2 Å². The average molecular weight is 212 g/mol. The SMILES string of the molecule is CN(C)C(=O)[C@H]1CC[C@H]2OCCN[C@@H]2C1. The molecule has 2 aliphatic rings. The van der Waals surface area contributed by atoms with Gasteiger partial charge in [0, 0.05) is 32.6 Å². The molecule has 0 bridgehead atoms. The normalized spacial score (nSPS) is 35.7. The fourth-order valence-corrected chi connectivity index (χ4v) is 2.60. The van der Waals surface area contributed by atoms with Crippen LogP contribution in [0.1, 0.15) is 19.3 Å². The lowest BCUT2D eigenvalue weighted by molar-refractivity contribution is -0.136. The second kappa shape index (κ2) is 4.49. The molecule has 86 valence electrons. The van der Waals surface area contributed by atoms with E-state index in [-0.39, 0.29) is 11.8 Å². The van der Waals surface area contributed by atoms with E-state index in [1.165, 1.54) is 0 Å². The van der Waals surface area contributed by atoms with Crippen LogP contribution in [0.15, 0.2) is 0 Å². The van der Waals surface area contributed by atoms with Gasteiger partial charge in [0.1, 0.15) is 0 Å². The molecule has 1 saturated heterocycles. The predicted octanol–water partition coefficient (Wildman–Crippen LogP) is 0.232. The number of rotatable bonds is 1. The van der Waals surface area contributed by atoms with Crippen LogP contribution in [0.4, 0.5) is 0 Å². The number of carbonyl (C=O) groups is 1. The van der Waals surface area contributed by atoms with Gasteiger partial charge < -0.3 is 15.0 Å². The van der Waals surface area contributed by atoms with Crippen molar-refractivity contribution in [1.29, 1.82) is 0 Å². The van der Waals surface area contributed by atoms with Gasteiger partial charge in [0.2, 0.25) is 5.91 Å². The van der Waals surface area contributed by atoms with Crippen molar-refractivity contribution in [3.05, 3.63) is 0 Å².